The number of hydrogen-bond donors (Lipinski definition) is 1. The lowest BCUT2D eigenvalue weighted by atomic mass is 10.2. The molecule has 15 heteroatoms. The Labute approximate surface area is 244 Å². The molecule has 43 heavy (non-hydrogen) atoms. The summed E-state index contributed by atoms with van der Waals surface area (Å²) in [4.78, 5) is 24.6. The Balaban J connectivity index is 1.63. The normalized spacial score (nSPS) is 14.1. The molecular weight excluding hydrogens is 623 g/mol. The standard InChI is InChI=1S/C28H22F6NO6PS/c1-3-11-39-27(36)14(2)35-42(38,41-17-7-5-4-6-8-17)26(34)15-9-10-18-16(12-15)13-19(43-18)28(37)40-25-23(32)21(30)20(29)22(31)24(25)33/h4-10,12-14,26H,3,11H2,1-2H3,(H,35,38)/t14?,26?,42-/m0/s1. The van der Waals surface area contributed by atoms with Gasteiger partial charge in [-0.3, -0.25) is 9.36 Å². The highest BCUT2D eigenvalue weighted by molar-refractivity contribution is 7.57. The number of rotatable bonds is 11. The number of carbonyl (C=O) groups excluding carboxylic acids is 2. The van der Waals surface area contributed by atoms with E-state index in [0.717, 1.165) is 17.4 Å². The highest BCUT2D eigenvalue weighted by Gasteiger charge is 2.41. The third-order valence-corrected chi connectivity index (χ3v) is 9.06. The molecule has 3 aromatic carbocycles. The zero-order valence-corrected chi connectivity index (χ0v) is 24.0. The van der Waals surface area contributed by atoms with Gasteiger partial charge >= 0.3 is 19.5 Å². The third kappa shape index (κ3) is 6.87. The first-order chi connectivity index (χ1) is 20.4. The SMILES string of the molecule is CCCOC(=O)C(C)N[P@@](=O)(Oc1ccccc1)C(F)c1ccc2sc(C(=O)Oc3c(F)c(F)c(F)c(F)c3F)cc2c1. The van der Waals surface area contributed by atoms with Crippen molar-refractivity contribution in [1.29, 1.82) is 0 Å². The van der Waals surface area contributed by atoms with E-state index in [9.17, 15) is 36.1 Å². The van der Waals surface area contributed by atoms with Crippen molar-refractivity contribution in [2.24, 2.45) is 0 Å². The van der Waals surface area contributed by atoms with Crippen molar-refractivity contribution in [1.82, 2.24) is 5.09 Å². The number of alkyl halides is 1. The molecule has 0 aliphatic carbocycles. The van der Waals surface area contributed by atoms with Crippen molar-refractivity contribution in [3.05, 3.63) is 94.1 Å². The summed E-state index contributed by atoms with van der Waals surface area (Å²) in [6.07, 6.45) is 0.528. The summed E-state index contributed by atoms with van der Waals surface area (Å²) in [6, 6.07) is 11.4. The van der Waals surface area contributed by atoms with Gasteiger partial charge in [0.2, 0.25) is 40.7 Å². The Morgan fingerprint density at radius 1 is 0.930 bits per heavy atom. The number of benzene rings is 3. The molecule has 2 unspecified atom stereocenters. The molecular formula is C28H22F6NO6PS. The van der Waals surface area contributed by atoms with Crippen LogP contribution in [0.25, 0.3) is 10.1 Å². The number of ether oxygens (including phenoxy) is 2. The van der Waals surface area contributed by atoms with Gasteiger partial charge in [-0.25, -0.2) is 27.4 Å². The van der Waals surface area contributed by atoms with Crippen LogP contribution in [0, 0.1) is 29.1 Å². The molecule has 0 fully saturated rings. The first-order valence-corrected chi connectivity index (χ1v) is 15.1. The van der Waals surface area contributed by atoms with Gasteiger partial charge in [0.15, 0.2) is 0 Å². The zero-order chi connectivity index (χ0) is 31.5. The molecule has 7 nitrogen and oxygen atoms in total. The summed E-state index contributed by atoms with van der Waals surface area (Å²) in [5, 5.41) is 2.62. The van der Waals surface area contributed by atoms with Gasteiger partial charge in [-0.05, 0) is 54.6 Å². The summed E-state index contributed by atoms with van der Waals surface area (Å²) < 4.78 is 114. The van der Waals surface area contributed by atoms with Gasteiger partial charge in [0, 0.05) is 4.70 Å². The molecule has 228 valence electrons. The number of fused-ring (bicyclic) bond motifs is 1. The Kier molecular flexibility index (Phi) is 9.83. The monoisotopic (exact) mass is 645 g/mol. The molecule has 0 aliphatic rings. The van der Waals surface area contributed by atoms with Gasteiger partial charge in [0.25, 0.3) is 0 Å². The maximum Gasteiger partial charge on any atom is 0.355 e. The second kappa shape index (κ2) is 13.2. The van der Waals surface area contributed by atoms with Gasteiger partial charge < -0.3 is 14.0 Å². The van der Waals surface area contributed by atoms with Crippen molar-refractivity contribution < 1.29 is 54.5 Å². The van der Waals surface area contributed by atoms with Gasteiger partial charge in [-0.15, -0.1) is 11.3 Å². The third-order valence-electron chi connectivity index (χ3n) is 5.84. The number of hydrogen-bond acceptors (Lipinski definition) is 7. The van der Waals surface area contributed by atoms with Crippen LogP contribution in [0.1, 0.15) is 41.4 Å². The number of carbonyl (C=O) groups is 2. The predicted octanol–water partition coefficient (Wildman–Crippen LogP) is 7.99. The van der Waals surface area contributed by atoms with Gasteiger partial charge in [0.05, 0.1) is 6.61 Å². The van der Waals surface area contributed by atoms with E-state index in [1.807, 2.05) is 0 Å². The van der Waals surface area contributed by atoms with E-state index in [1.54, 1.807) is 25.1 Å². The Bertz CT molecular complexity index is 1690. The maximum atomic E-state index is 16.0. The van der Waals surface area contributed by atoms with Crippen LogP contribution in [0.5, 0.6) is 11.5 Å². The number of halogens is 6. The summed E-state index contributed by atoms with van der Waals surface area (Å²) in [5.41, 5.74) is -0.189. The van der Waals surface area contributed by atoms with Crippen molar-refractivity contribution in [2.75, 3.05) is 6.61 Å². The largest absolute Gasteiger partial charge is 0.465 e. The van der Waals surface area contributed by atoms with Crippen LogP contribution >= 0.6 is 18.9 Å². The van der Waals surface area contributed by atoms with Gasteiger partial charge in [-0.2, -0.15) is 8.78 Å². The second-order valence-electron chi connectivity index (χ2n) is 9.05. The molecule has 1 N–H and O–H groups in total. The lowest BCUT2D eigenvalue weighted by molar-refractivity contribution is -0.145. The molecule has 4 aromatic rings. The average molecular weight is 646 g/mol. The molecule has 4 rings (SSSR count). The molecule has 0 amide bonds. The van der Waals surface area contributed by atoms with E-state index >= 15 is 4.39 Å². The second-order valence-corrected chi connectivity index (χ2v) is 12.2. The number of nitrogens with one attached hydrogen (secondary N) is 1. The molecule has 0 saturated heterocycles. The first kappa shape index (κ1) is 32.1. The molecule has 3 atom stereocenters. The van der Waals surface area contributed by atoms with Crippen molar-refractivity contribution >= 4 is 40.9 Å². The van der Waals surface area contributed by atoms with E-state index in [0.29, 0.717) is 11.1 Å². The van der Waals surface area contributed by atoms with Crippen LogP contribution < -0.4 is 14.3 Å². The van der Waals surface area contributed by atoms with Gasteiger partial charge in [0.1, 0.15) is 16.7 Å². The van der Waals surface area contributed by atoms with Crippen LogP contribution in [0.15, 0.2) is 54.6 Å². The minimum absolute atomic E-state index is 0.0462. The maximum absolute atomic E-state index is 16.0. The van der Waals surface area contributed by atoms with Crippen LogP contribution in [-0.4, -0.2) is 24.6 Å². The van der Waals surface area contributed by atoms with E-state index in [-0.39, 0.29) is 28.2 Å². The van der Waals surface area contributed by atoms with E-state index in [1.165, 1.54) is 37.3 Å². The minimum Gasteiger partial charge on any atom is -0.465 e. The van der Waals surface area contributed by atoms with Crippen LogP contribution in [0.2, 0.25) is 0 Å². The molecule has 0 spiro atoms. The smallest absolute Gasteiger partial charge is 0.355 e. The van der Waals surface area contributed by atoms with E-state index in [4.69, 9.17) is 9.26 Å². The van der Waals surface area contributed by atoms with Crippen LogP contribution in [-0.2, 0) is 14.1 Å². The number of thiophene rings is 1. The highest BCUT2D eigenvalue weighted by Crippen LogP contribution is 2.58. The van der Waals surface area contributed by atoms with Crippen molar-refractivity contribution in [3.63, 3.8) is 0 Å². The minimum atomic E-state index is -4.55. The molecule has 0 bridgehead atoms. The summed E-state index contributed by atoms with van der Waals surface area (Å²) in [6.45, 7) is 3.20. The van der Waals surface area contributed by atoms with E-state index < -0.39 is 66.2 Å². The van der Waals surface area contributed by atoms with Gasteiger partial charge in [-0.1, -0.05) is 31.2 Å². The fourth-order valence-corrected chi connectivity index (χ4v) is 6.58. The van der Waals surface area contributed by atoms with Crippen molar-refractivity contribution in [3.8, 4) is 11.5 Å². The topological polar surface area (TPSA) is 90.9 Å². The molecule has 0 saturated carbocycles. The number of para-hydroxylation sites is 1. The summed E-state index contributed by atoms with van der Waals surface area (Å²) >= 11 is 0.720. The fraction of sp³-hybridized carbons (Fsp3) is 0.214. The highest BCUT2D eigenvalue weighted by atomic mass is 32.1. The molecule has 0 aliphatic heterocycles. The Morgan fingerprint density at radius 3 is 2.19 bits per heavy atom. The first-order valence-electron chi connectivity index (χ1n) is 12.6. The van der Waals surface area contributed by atoms with Crippen molar-refractivity contribution in [2.45, 2.75) is 32.2 Å². The lowest BCUT2D eigenvalue weighted by Crippen LogP contribution is -2.35. The molecule has 1 heterocycles. The predicted molar refractivity (Wildman–Crippen MR) is 145 cm³/mol. The van der Waals surface area contributed by atoms with Crippen LogP contribution in [0.3, 0.4) is 0 Å². The Morgan fingerprint density at radius 2 is 1.56 bits per heavy atom. The summed E-state index contributed by atoms with van der Waals surface area (Å²) in [7, 11) is -4.55. The number of esters is 2. The fourth-order valence-electron chi connectivity index (χ4n) is 3.75. The average Bonchev–Trinajstić information content (AvgIpc) is 3.43. The quantitative estimate of drug-likeness (QED) is 0.0442. The zero-order valence-electron chi connectivity index (χ0n) is 22.3. The molecule has 0 radical (unpaired) electrons. The summed E-state index contributed by atoms with van der Waals surface area (Å²) in [5.74, 6) is -18.0. The molecule has 1 aromatic heterocycles. The van der Waals surface area contributed by atoms with E-state index in [2.05, 4.69) is 9.82 Å². The lowest BCUT2D eigenvalue weighted by Gasteiger charge is -2.26. The Hall–Kier alpha value is -3.87. The van der Waals surface area contributed by atoms with Crippen LogP contribution in [0.4, 0.5) is 26.3 Å².